The second kappa shape index (κ2) is 7.45. The maximum absolute atomic E-state index is 12.5. The standard InChI is InChI=1S/C14H20ClNO4S/c1-19-12-6-9-16(10-7-12)21(17,18)14-4-2-13(3-5-14)20-11-8-15/h2-5,12H,6-11H2,1H3. The number of alkyl halides is 1. The number of hydrogen-bond donors (Lipinski definition) is 0. The van der Waals surface area contributed by atoms with Gasteiger partial charge < -0.3 is 9.47 Å². The average molecular weight is 334 g/mol. The van der Waals surface area contributed by atoms with E-state index in [-0.39, 0.29) is 11.0 Å². The molecule has 118 valence electrons. The predicted octanol–water partition coefficient (Wildman–Crippen LogP) is 2.10. The number of sulfonamides is 1. The fourth-order valence-electron chi connectivity index (χ4n) is 2.32. The van der Waals surface area contributed by atoms with Gasteiger partial charge in [-0.3, -0.25) is 0 Å². The average Bonchev–Trinajstić information content (AvgIpc) is 2.53. The van der Waals surface area contributed by atoms with E-state index in [1.165, 1.54) is 4.31 Å². The molecular weight excluding hydrogens is 314 g/mol. The van der Waals surface area contributed by atoms with Crippen molar-refractivity contribution in [3.8, 4) is 5.75 Å². The first-order valence-electron chi connectivity index (χ1n) is 6.89. The largest absolute Gasteiger partial charge is 0.492 e. The van der Waals surface area contributed by atoms with Gasteiger partial charge in [-0.2, -0.15) is 4.31 Å². The molecule has 0 amide bonds. The van der Waals surface area contributed by atoms with Gasteiger partial charge in [0, 0.05) is 20.2 Å². The quantitative estimate of drug-likeness (QED) is 0.748. The zero-order chi connectivity index (χ0) is 15.3. The minimum Gasteiger partial charge on any atom is -0.492 e. The number of piperidine rings is 1. The molecule has 0 bridgehead atoms. The van der Waals surface area contributed by atoms with Crippen LogP contribution in [0.25, 0.3) is 0 Å². The van der Waals surface area contributed by atoms with Crippen molar-refractivity contribution in [1.29, 1.82) is 0 Å². The summed E-state index contributed by atoms with van der Waals surface area (Å²) in [6.45, 7) is 1.38. The normalized spacial score (nSPS) is 17.8. The summed E-state index contributed by atoms with van der Waals surface area (Å²) in [6, 6.07) is 6.45. The smallest absolute Gasteiger partial charge is 0.243 e. The molecule has 0 aromatic heterocycles. The van der Waals surface area contributed by atoms with E-state index in [1.807, 2.05) is 0 Å². The van der Waals surface area contributed by atoms with E-state index < -0.39 is 10.0 Å². The number of nitrogens with zero attached hydrogens (tertiary/aromatic N) is 1. The molecule has 1 aliphatic heterocycles. The highest BCUT2D eigenvalue weighted by Gasteiger charge is 2.29. The van der Waals surface area contributed by atoms with Gasteiger partial charge in [-0.1, -0.05) is 0 Å². The van der Waals surface area contributed by atoms with Crippen LogP contribution >= 0.6 is 11.6 Å². The van der Waals surface area contributed by atoms with E-state index in [0.29, 0.717) is 31.3 Å². The zero-order valence-electron chi connectivity index (χ0n) is 12.0. The summed E-state index contributed by atoms with van der Waals surface area (Å²) < 4.78 is 37.2. The Hall–Kier alpha value is -0.820. The van der Waals surface area contributed by atoms with Crippen LogP contribution in [0.5, 0.6) is 5.75 Å². The van der Waals surface area contributed by atoms with Crippen LogP contribution in [0.4, 0.5) is 0 Å². The minimum absolute atomic E-state index is 0.155. The van der Waals surface area contributed by atoms with Gasteiger partial charge in [-0.05, 0) is 37.1 Å². The van der Waals surface area contributed by atoms with Crippen molar-refractivity contribution in [2.24, 2.45) is 0 Å². The maximum Gasteiger partial charge on any atom is 0.243 e. The molecule has 1 saturated heterocycles. The summed E-state index contributed by atoms with van der Waals surface area (Å²) in [6.07, 6.45) is 1.61. The summed E-state index contributed by atoms with van der Waals surface area (Å²) in [5.74, 6) is 1.02. The van der Waals surface area contributed by atoms with Crippen molar-refractivity contribution in [1.82, 2.24) is 4.31 Å². The molecule has 1 aliphatic rings. The highest BCUT2D eigenvalue weighted by molar-refractivity contribution is 7.89. The Morgan fingerprint density at radius 3 is 2.38 bits per heavy atom. The van der Waals surface area contributed by atoms with E-state index in [0.717, 1.165) is 12.8 Å². The minimum atomic E-state index is -3.43. The lowest BCUT2D eigenvalue weighted by Gasteiger charge is -2.30. The maximum atomic E-state index is 12.5. The Bertz CT molecular complexity index is 539. The van der Waals surface area contributed by atoms with E-state index in [2.05, 4.69) is 0 Å². The van der Waals surface area contributed by atoms with Crippen LogP contribution in [0.15, 0.2) is 29.2 Å². The molecule has 2 rings (SSSR count). The molecule has 1 fully saturated rings. The van der Waals surface area contributed by atoms with Crippen LogP contribution in [-0.2, 0) is 14.8 Å². The lowest BCUT2D eigenvalue weighted by molar-refractivity contribution is 0.0604. The van der Waals surface area contributed by atoms with Crippen LogP contribution in [0.3, 0.4) is 0 Å². The van der Waals surface area contributed by atoms with Gasteiger partial charge in [0.1, 0.15) is 12.4 Å². The highest BCUT2D eigenvalue weighted by Crippen LogP contribution is 2.23. The molecule has 5 nitrogen and oxygen atoms in total. The Morgan fingerprint density at radius 1 is 1.24 bits per heavy atom. The first kappa shape index (κ1) is 16.5. The van der Waals surface area contributed by atoms with Crippen LogP contribution in [-0.4, -0.2) is 51.5 Å². The van der Waals surface area contributed by atoms with Gasteiger partial charge in [0.2, 0.25) is 10.0 Å². The van der Waals surface area contributed by atoms with Gasteiger partial charge in [0.25, 0.3) is 0 Å². The van der Waals surface area contributed by atoms with Crippen LogP contribution in [0.1, 0.15) is 12.8 Å². The van der Waals surface area contributed by atoms with Crippen molar-refractivity contribution in [2.75, 3.05) is 32.7 Å². The third-order valence-electron chi connectivity index (χ3n) is 3.54. The molecule has 0 N–H and O–H groups in total. The summed E-state index contributed by atoms with van der Waals surface area (Å²) in [5.41, 5.74) is 0. The monoisotopic (exact) mass is 333 g/mol. The third kappa shape index (κ3) is 4.10. The van der Waals surface area contributed by atoms with E-state index in [1.54, 1.807) is 31.4 Å². The zero-order valence-corrected chi connectivity index (χ0v) is 13.6. The molecule has 21 heavy (non-hydrogen) atoms. The third-order valence-corrected chi connectivity index (χ3v) is 5.61. The Kier molecular flexibility index (Phi) is 5.87. The van der Waals surface area contributed by atoms with Crippen molar-refractivity contribution >= 4 is 21.6 Å². The molecule has 0 spiro atoms. The number of ether oxygens (including phenoxy) is 2. The number of rotatable bonds is 6. The Labute approximate surface area is 130 Å². The number of halogens is 1. The van der Waals surface area contributed by atoms with Crippen molar-refractivity contribution < 1.29 is 17.9 Å². The second-order valence-electron chi connectivity index (χ2n) is 4.85. The fourth-order valence-corrected chi connectivity index (χ4v) is 3.87. The van der Waals surface area contributed by atoms with Crippen LogP contribution < -0.4 is 4.74 Å². The number of methoxy groups -OCH3 is 1. The van der Waals surface area contributed by atoms with Crippen molar-refractivity contribution in [2.45, 2.75) is 23.8 Å². The molecule has 1 aromatic rings. The molecule has 0 atom stereocenters. The molecule has 1 heterocycles. The Balaban J connectivity index is 2.05. The number of benzene rings is 1. The lowest BCUT2D eigenvalue weighted by Crippen LogP contribution is -2.40. The molecule has 7 heteroatoms. The number of hydrogen-bond acceptors (Lipinski definition) is 4. The summed E-state index contributed by atoms with van der Waals surface area (Å²) in [4.78, 5) is 0.289. The van der Waals surface area contributed by atoms with Crippen molar-refractivity contribution in [3.05, 3.63) is 24.3 Å². The van der Waals surface area contributed by atoms with Crippen LogP contribution in [0.2, 0.25) is 0 Å². The molecule has 0 saturated carbocycles. The van der Waals surface area contributed by atoms with E-state index in [9.17, 15) is 8.42 Å². The Morgan fingerprint density at radius 2 is 1.86 bits per heavy atom. The first-order chi connectivity index (χ1) is 10.1. The highest BCUT2D eigenvalue weighted by atomic mass is 35.5. The van der Waals surface area contributed by atoms with Crippen molar-refractivity contribution in [3.63, 3.8) is 0 Å². The van der Waals surface area contributed by atoms with Gasteiger partial charge in [-0.25, -0.2) is 8.42 Å². The van der Waals surface area contributed by atoms with Gasteiger partial charge in [-0.15, -0.1) is 11.6 Å². The predicted molar refractivity (Wildman–Crippen MR) is 81.4 cm³/mol. The summed E-state index contributed by atoms with van der Waals surface area (Å²) in [5, 5.41) is 0. The first-order valence-corrected chi connectivity index (χ1v) is 8.87. The van der Waals surface area contributed by atoms with E-state index >= 15 is 0 Å². The van der Waals surface area contributed by atoms with E-state index in [4.69, 9.17) is 21.1 Å². The summed E-state index contributed by atoms with van der Waals surface area (Å²) >= 11 is 5.54. The van der Waals surface area contributed by atoms with Gasteiger partial charge >= 0.3 is 0 Å². The molecule has 1 aromatic carbocycles. The lowest BCUT2D eigenvalue weighted by atomic mass is 10.1. The van der Waals surface area contributed by atoms with Gasteiger partial charge in [0.05, 0.1) is 16.9 Å². The topological polar surface area (TPSA) is 55.8 Å². The molecule has 0 aliphatic carbocycles. The molecule has 0 unspecified atom stereocenters. The molecule has 0 radical (unpaired) electrons. The SMILES string of the molecule is COC1CCN(S(=O)(=O)c2ccc(OCCCl)cc2)CC1. The molecular formula is C14H20ClNO4S. The fraction of sp³-hybridized carbons (Fsp3) is 0.571. The second-order valence-corrected chi connectivity index (χ2v) is 7.16. The summed E-state index contributed by atoms with van der Waals surface area (Å²) in [7, 11) is -1.77. The van der Waals surface area contributed by atoms with Gasteiger partial charge in [0.15, 0.2) is 0 Å². The van der Waals surface area contributed by atoms with Crippen LogP contribution in [0, 0.1) is 0 Å².